The second-order valence-electron chi connectivity index (χ2n) is 14.9. The number of likely N-dealkylation sites (N-methyl/N-ethyl adjacent to an activating group) is 2. The highest BCUT2D eigenvalue weighted by Crippen LogP contribution is 2.26. The second kappa shape index (κ2) is 23.8. The van der Waals surface area contributed by atoms with Crippen molar-refractivity contribution in [2.24, 2.45) is 17.8 Å². The molecular weight excluding hydrogens is 764 g/mol. The average molecular weight is 823 g/mol. The molecule has 2 fully saturated rings. The van der Waals surface area contributed by atoms with Crippen LogP contribution in [0, 0.1) is 17.8 Å². The van der Waals surface area contributed by atoms with Crippen molar-refractivity contribution in [3.05, 3.63) is 0 Å². The highest BCUT2D eigenvalue weighted by Gasteiger charge is 2.38. The Morgan fingerprint density at radius 3 is 2.14 bits per heavy atom. The summed E-state index contributed by atoms with van der Waals surface area (Å²) in [4.78, 5) is 142. The van der Waals surface area contributed by atoms with Crippen LogP contribution in [0.25, 0.3) is 0 Å². The largest absolute Gasteiger partial charge is 0.462 e. The molecule has 0 bridgehead atoms. The second-order valence-corrected chi connectivity index (χ2v) is 14.9. The van der Waals surface area contributed by atoms with Crippen molar-refractivity contribution in [3.8, 4) is 0 Å². The Morgan fingerprint density at radius 1 is 0.879 bits per heavy atom. The van der Waals surface area contributed by atoms with Crippen LogP contribution in [0.3, 0.4) is 0 Å². The molecule has 6 amide bonds. The highest BCUT2D eigenvalue weighted by atomic mass is 16.5. The molecule has 0 radical (unpaired) electrons. The molecule has 20 nitrogen and oxygen atoms in total. The zero-order valence-corrected chi connectivity index (χ0v) is 34.2. The zero-order valence-electron chi connectivity index (χ0n) is 34.2. The van der Waals surface area contributed by atoms with Gasteiger partial charge in [0.2, 0.25) is 35.8 Å². The van der Waals surface area contributed by atoms with Gasteiger partial charge in [-0.1, -0.05) is 20.3 Å². The smallest absolute Gasteiger partial charge is 0.325 e. The van der Waals surface area contributed by atoms with Crippen molar-refractivity contribution >= 4 is 65.2 Å². The Kier molecular flexibility index (Phi) is 20.1. The van der Waals surface area contributed by atoms with Crippen LogP contribution < -0.4 is 10.6 Å². The molecule has 2 aliphatic heterocycles. The summed E-state index contributed by atoms with van der Waals surface area (Å²) < 4.78 is 10.2. The molecule has 2 saturated heterocycles. The highest BCUT2D eigenvalue weighted by molar-refractivity contribution is 6.35. The predicted molar refractivity (Wildman–Crippen MR) is 202 cm³/mol. The Balaban J connectivity index is 2.07. The van der Waals surface area contributed by atoms with Gasteiger partial charge in [-0.3, -0.25) is 52.7 Å². The van der Waals surface area contributed by atoms with Crippen LogP contribution in [0.2, 0.25) is 0 Å². The number of amides is 6. The van der Waals surface area contributed by atoms with Crippen LogP contribution in [0.4, 0.5) is 0 Å². The lowest BCUT2D eigenvalue weighted by atomic mass is 9.81. The van der Waals surface area contributed by atoms with Crippen LogP contribution in [0.5, 0.6) is 0 Å². The molecule has 2 heterocycles. The van der Waals surface area contributed by atoms with Gasteiger partial charge >= 0.3 is 11.9 Å². The predicted octanol–water partition coefficient (Wildman–Crippen LogP) is -2.00. The third-order valence-electron chi connectivity index (χ3n) is 10.4. The number of hydrogen-bond acceptors (Lipinski definition) is 14. The molecule has 2 aliphatic rings. The van der Waals surface area contributed by atoms with E-state index in [0.717, 1.165) is 34.5 Å². The van der Waals surface area contributed by atoms with Gasteiger partial charge in [0.1, 0.15) is 25.2 Å². The van der Waals surface area contributed by atoms with Gasteiger partial charge in [0.25, 0.3) is 5.91 Å². The van der Waals surface area contributed by atoms with Gasteiger partial charge in [-0.2, -0.15) is 0 Å². The van der Waals surface area contributed by atoms with E-state index in [1.165, 1.54) is 21.0 Å². The first-order valence-electron chi connectivity index (χ1n) is 19.4. The maximum atomic E-state index is 13.8. The maximum Gasteiger partial charge on any atom is 0.325 e. The van der Waals surface area contributed by atoms with E-state index >= 15 is 0 Å². The molecule has 58 heavy (non-hydrogen) atoms. The van der Waals surface area contributed by atoms with Gasteiger partial charge < -0.3 is 44.8 Å². The summed E-state index contributed by atoms with van der Waals surface area (Å²) in [6.07, 6.45) is 0.778. The van der Waals surface area contributed by atoms with Crippen molar-refractivity contribution in [2.45, 2.75) is 90.8 Å². The molecule has 4 unspecified atom stereocenters. The number of carbonyl (C=O) groups is 11. The van der Waals surface area contributed by atoms with Crippen LogP contribution in [0.1, 0.15) is 72.6 Å². The molecule has 0 saturated carbocycles. The Hall–Kier alpha value is -5.27. The number of aliphatic hydroxyl groups is 1. The van der Waals surface area contributed by atoms with Gasteiger partial charge in [0.15, 0.2) is 18.2 Å². The summed E-state index contributed by atoms with van der Waals surface area (Å²) in [7, 11) is 2.62. The minimum atomic E-state index is -1.50. The number of nitrogens with zero attached hydrogens (tertiary/aromatic N) is 4. The Labute approximate surface area is 337 Å². The summed E-state index contributed by atoms with van der Waals surface area (Å²) in [6, 6.07) is -2.46. The lowest BCUT2D eigenvalue weighted by molar-refractivity contribution is -0.153. The van der Waals surface area contributed by atoms with Crippen molar-refractivity contribution in [3.63, 3.8) is 0 Å². The standard InChI is InChI=1S/C38H58N6O14/c1-7-23(2)26(29(47)16-34(52)58-21-31(49)24(3)36(54)39-17-33(51)43-12-8-9-13-43)15-30(48)27(20-57-35(53)19-41(5)22-45)40-32(50)18-42(6)38(56)28-11-10-14-44(28)37(55)25(4)46/h22-24,26-29,47H,7-21H2,1-6H3,(H,39,54)(H,40,50)/t23-,24?,26-,27?,28?,29?/m0/s1. The zero-order chi connectivity index (χ0) is 43.7. The van der Waals surface area contributed by atoms with Crippen molar-refractivity contribution in [2.75, 3.05) is 66.6 Å². The average Bonchev–Trinajstić information content (AvgIpc) is 3.91. The molecule has 20 heteroatoms. The first-order valence-corrected chi connectivity index (χ1v) is 19.4. The first kappa shape index (κ1) is 48.9. The Morgan fingerprint density at radius 2 is 1.53 bits per heavy atom. The van der Waals surface area contributed by atoms with E-state index in [0.29, 0.717) is 32.3 Å². The Bertz CT molecular complexity index is 1550. The van der Waals surface area contributed by atoms with E-state index in [1.54, 1.807) is 18.7 Å². The number of likely N-dealkylation sites (tertiary alicyclic amines) is 2. The molecule has 0 aromatic heterocycles. The number of esters is 2. The minimum absolute atomic E-state index is 0.191. The van der Waals surface area contributed by atoms with E-state index in [2.05, 4.69) is 10.6 Å². The van der Waals surface area contributed by atoms with E-state index in [-0.39, 0.29) is 31.3 Å². The van der Waals surface area contributed by atoms with Crippen molar-refractivity contribution in [1.29, 1.82) is 0 Å². The molecule has 0 aromatic carbocycles. The van der Waals surface area contributed by atoms with Crippen LogP contribution in [-0.4, -0.2) is 175 Å². The van der Waals surface area contributed by atoms with Crippen molar-refractivity contribution in [1.82, 2.24) is 30.2 Å². The third-order valence-corrected chi connectivity index (χ3v) is 10.4. The molecule has 0 spiro atoms. The van der Waals surface area contributed by atoms with Crippen molar-refractivity contribution < 1.29 is 67.3 Å². The summed E-state index contributed by atoms with van der Waals surface area (Å²) in [5, 5.41) is 16.0. The summed E-state index contributed by atoms with van der Waals surface area (Å²) in [5.41, 5.74) is 0. The molecule has 6 atom stereocenters. The summed E-state index contributed by atoms with van der Waals surface area (Å²) in [5.74, 6) is -9.84. The summed E-state index contributed by atoms with van der Waals surface area (Å²) >= 11 is 0. The fourth-order valence-corrected chi connectivity index (χ4v) is 6.53. The molecule has 0 aliphatic carbocycles. The van der Waals surface area contributed by atoms with E-state index in [4.69, 9.17) is 9.47 Å². The van der Waals surface area contributed by atoms with Gasteiger partial charge in [-0.15, -0.1) is 0 Å². The number of nitrogens with one attached hydrogen (secondary N) is 2. The van der Waals surface area contributed by atoms with E-state index in [1.807, 2.05) is 0 Å². The van der Waals surface area contributed by atoms with Crippen LogP contribution in [0.15, 0.2) is 0 Å². The number of carbonyl (C=O) groups excluding carboxylic acids is 11. The number of ketones is 3. The number of rotatable bonds is 24. The maximum absolute atomic E-state index is 13.8. The van der Waals surface area contributed by atoms with Crippen LogP contribution >= 0.6 is 0 Å². The molecule has 0 aromatic rings. The third kappa shape index (κ3) is 15.2. The molecule has 324 valence electrons. The number of ether oxygens (including phenoxy) is 2. The van der Waals surface area contributed by atoms with Gasteiger partial charge in [0, 0.05) is 47.1 Å². The monoisotopic (exact) mass is 822 g/mol. The van der Waals surface area contributed by atoms with E-state index < -0.39 is 122 Å². The number of aliphatic hydroxyl groups excluding tert-OH is 1. The quantitative estimate of drug-likeness (QED) is 0.0412. The number of Topliss-reactive ketones (excluding diaryl/α,β-unsaturated/α-hetero) is 3. The lowest BCUT2D eigenvalue weighted by Crippen LogP contribution is -2.52. The lowest BCUT2D eigenvalue weighted by Gasteiger charge is -2.29. The molecule has 3 N–H and O–H groups in total. The van der Waals surface area contributed by atoms with Gasteiger partial charge in [0.05, 0.1) is 31.5 Å². The topological polar surface area (TPSA) is 263 Å². The fraction of sp³-hybridized carbons (Fsp3) is 0.711. The van der Waals surface area contributed by atoms with E-state index in [9.17, 15) is 57.8 Å². The van der Waals surface area contributed by atoms with Gasteiger partial charge in [-0.25, -0.2) is 0 Å². The fourth-order valence-electron chi connectivity index (χ4n) is 6.53. The molecule has 2 rings (SSSR count). The SMILES string of the molecule is CC[C@H](C)[C@H](CC(=O)C(COC(=O)CN(C)C=O)NC(=O)CN(C)C(=O)C1CCCN1C(=O)C(C)=O)C(O)CC(=O)OCC(=O)C(C)C(=O)NCC(=O)N1CCCC1. The van der Waals surface area contributed by atoms with Gasteiger partial charge in [-0.05, 0) is 44.4 Å². The van der Waals surface area contributed by atoms with Crippen LogP contribution in [-0.2, 0) is 62.2 Å². The normalized spacial score (nSPS) is 17.5. The minimum Gasteiger partial charge on any atom is -0.462 e. The summed E-state index contributed by atoms with van der Waals surface area (Å²) in [6.45, 7) is 4.50. The number of hydrogen-bond donors (Lipinski definition) is 3. The first-order chi connectivity index (χ1) is 27.3. The molecular formula is C38H58N6O14.